The molecule has 1 aromatic carbocycles. The molecule has 0 unspecified atom stereocenters. The van der Waals surface area contributed by atoms with E-state index in [1.165, 1.54) is 7.11 Å². The van der Waals surface area contributed by atoms with Crippen LogP contribution in [-0.4, -0.2) is 17.6 Å². The minimum Gasteiger partial charge on any atom is -1.00 e. The molecule has 0 saturated carbocycles. The summed E-state index contributed by atoms with van der Waals surface area (Å²) in [7, 11) is 1.35. The second-order valence-corrected chi connectivity index (χ2v) is 3.69. The van der Waals surface area contributed by atoms with Gasteiger partial charge in [-0.3, -0.25) is 0 Å². The Morgan fingerprint density at radius 2 is 2.11 bits per heavy atom. The summed E-state index contributed by atoms with van der Waals surface area (Å²) < 4.78 is 8.28. The molecule has 5 nitrogen and oxygen atoms in total. The topological polar surface area (TPSA) is 58.9 Å². The molecule has 2 rings (SSSR count). The van der Waals surface area contributed by atoms with Gasteiger partial charge in [-0.25, -0.2) is 13.9 Å². The molecule has 0 aliphatic rings. The Hall–Kier alpha value is -2.32. The minimum absolute atomic E-state index is 0. The number of rotatable bonds is 3. The maximum atomic E-state index is 11.3. The average molecular weight is 278 g/mol. The lowest BCUT2D eigenvalue weighted by Gasteiger charge is -1.99. The van der Waals surface area contributed by atoms with Crippen molar-refractivity contribution in [3.05, 3.63) is 48.5 Å². The first-order valence-electron chi connectivity index (χ1n) is 5.37. The van der Waals surface area contributed by atoms with E-state index >= 15 is 0 Å². The van der Waals surface area contributed by atoms with Crippen LogP contribution in [0.25, 0.3) is 5.69 Å². The molecule has 0 fully saturated rings. The van der Waals surface area contributed by atoms with Crippen molar-refractivity contribution in [1.29, 1.82) is 5.26 Å². The highest BCUT2D eigenvalue weighted by molar-refractivity contribution is 5.89. The van der Waals surface area contributed by atoms with Crippen LogP contribution in [0.5, 0.6) is 0 Å². The summed E-state index contributed by atoms with van der Waals surface area (Å²) in [6.45, 7) is 0.313. The Bertz CT molecular complexity index is 599. The number of hydrogen-bond donors (Lipinski definition) is 0. The summed E-state index contributed by atoms with van der Waals surface area (Å²) in [4.78, 5) is 11.3. The number of halogens is 1. The molecule has 0 radical (unpaired) electrons. The molecule has 0 amide bonds. The highest BCUT2D eigenvalue weighted by atomic mass is 35.5. The lowest BCUT2D eigenvalue weighted by atomic mass is 10.2. The molecule has 0 N–H and O–H groups in total. The number of esters is 1. The van der Waals surface area contributed by atoms with Crippen LogP contribution in [0.3, 0.4) is 0 Å². The van der Waals surface area contributed by atoms with Crippen molar-refractivity contribution in [2.45, 2.75) is 6.54 Å². The highest BCUT2D eigenvalue weighted by Crippen LogP contribution is 2.09. The third-order valence-corrected chi connectivity index (χ3v) is 2.53. The Labute approximate surface area is 117 Å². The third-order valence-electron chi connectivity index (χ3n) is 2.53. The van der Waals surface area contributed by atoms with Crippen molar-refractivity contribution >= 4 is 5.97 Å². The predicted octanol–water partition coefficient (Wildman–Crippen LogP) is -1.92. The van der Waals surface area contributed by atoms with E-state index in [2.05, 4.69) is 10.8 Å². The maximum absolute atomic E-state index is 11.3. The van der Waals surface area contributed by atoms with Crippen LogP contribution in [-0.2, 0) is 11.3 Å². The molecule has 19 heavy (non-hydrogen) atoms. The maximum Gasteiger partial charge on any atom is 0.337 e. The van der Waals surface area contributed by atoms with E-state index in [0.717, 1.165) is 5.69 Å². The number of methoxy groups -OCH3 is 1. The van der Waals surface area contributed by atoms with E-state index in [9.17, 15) is 4.79 Å². The summed E-state index contributed by atoms with van der Waals surface area (Å²) in [6, 6.07) is 9.12. The van der Waals surface area contributed by atoms with Crippen molar-refractivity contribution < 1.29 is 26.5 Å². The largest absolute Gasteiger partial charge is 1.00 e. The number of carbonyl (C=O) groups is 1. The number of nitrogens with zero attached hydrogens (tertiary/aromatic N) is 3. The molecule has 0 aliphatic heterocycles. The molecule has 0 atom stereocenters. The van der Waals surface area contributed by atoms with Gasteiger partial charge in [-0.05, 0) is 24.3 Å². The summed E-state index contributed by atoms with van der Waals surface area (Å²) in [5.74, 6) is -0.353. The summed E-state index contributed by atoms with van der Waals surface area (Å²) in [6.07, 6.45) is 5.48. The molecule has 0 spiro atoms. The Morgan fingerprint density at radius 3 is 2.68 bits per heavy atom. The number of nitriles is 1. The Morgan fingerprint density at radius 1 is 1.42 bits per heavy atom. The lowest BCUT2D eigenvalue weighted by Crippen LogP contribution is -3.00. The molecular formula is C13H12ClN3O2. The summed E-state index contributed by atoms with van der Waals surface area (Å²) >= 11 is 0. The van der Waals surface area contributed by atoms with Crippen LogP contribution < -0.4 is 17.0 Å². The fraction of sp³-hybridized carbons (Fsp3) is 0.154. The second kappa shape index (κ2) is 6.57. The fourth-order valence-electron chi connectivity index (χ4n) is 1.61. The molecular weight excluding hydrogens is 266 g/mol. The van der Waals surface area contributed by atoms with Crippen molar-refractivity contribution in [3.8, 4) is 11.8 Å². The smallest absolute Gasteiger partial charge is 0.337 e. The van der Waals surface area contributed by atoms with E-state index in [0.29, 0.717) is 12.1 Å². The molecule has 0 bridgehead atoms. The zero-order valence-electron chi connectivity index (χ0n) is 10.3. The number of hydrogen-bond acceptors (Lipinski definition) is 3. The van der Waals surface area contributed by atoms with Gasteiger partial charge in [0.25, 0.3) is 0 Å². The Balaban J connectivity index is 0.00000180. The van der Waals surface area contributed by atoms with Gasteiger partial charge in [0.05, 0.1) is 12.7 Å². The molecule has 1 heterocycles. The second-order valence-electron chi connectivity index (χ2n) is 3.69. The monoisotopic (exact) mass is 277 g/mol. The number of benzene rings is 1. The summed E-state index contributed by atoms with van der Waals surface area (Å²) in [5, 5.41) is 8.59. The van der Waals surface area contributed by atoms with Gasteiger partial charge in [0, 0.05) is 0 Å². The lowest BCUT2D eigenvalue weighted by molar-refractivity contribution is -0.684. The molecule has 0 aliphatic carbocycles. The van der Waals surface area contributed by atoms with Gasteiger partial charge in [-0.15, -0.1) is 0 Å². The minimum atomic E-state index is -0.353. The third kappa shape index (κ3) is 3.33. The van der Waals surface area contributed by atoms with Gasteiger partial charge >= 0.3 is 5.97 Å². The van der Waals surface area contributed by atoms with Gasteiger partial charge in [0.1, 0.15) is 24.2 Å². The fourth-order valence-corrected chi connectivity index (χ4v) is 1.61. The van der Waals surface area contributed by atoms with Gasteiger partial charge < -0.3 is 17.1 Å². The zero-order chi connectivity index (χ0) is 13.0. The SMILES string of the molecule is COC(=O)c1ccc(-n2cc[n+](CC#N)c2)cc1.[Cl-]. The first-order chi connectivity index (χ1) is 8.74. The van der Waals surface area contributed by atoms with Crippen molar-refractivity contribution in [1.82, 2.24) is 4.57 Å². The van der Waals surface area contributed by atoms with Crippen molar-refractivity contribution in [2.75, 3.05) is 7.11 Å². The molecule has 6 heteroatoms. The standard InChI is InChI=1S/C13H12N3O2.ClH/c1-18-13(17)11-2-4-12(5-3-11)16-9-8-15(10-16)7-6-14;/h2-5,8-10H,7H2,1H3;1H/q+1;/p-1. The molecule has 1 aromatic heterocycles. The van der Waals surface area contributed by atoms with Crippen LogP contribution >= 0.6 is 0 Å². The van der Waals surface area contributed by atoms with Gasteiger partial charge in [0.2, 0.25) is 6.33 Å². The summed E-state index contributed by atoms with van der Waals surface area (Å²) in [5.41, 5.74) is 1.43. The Kier molecular flexibility index (Phi) is 5.10. The van der Waals surface area contributed by atoms with Crippen LogP contribution in [0.1, 0.15) is 10.4 Å². The van der Waals surface area contributed by atoms with E-state index in [-0.39, 0.29) is 18.4 Å². The van der Waals surface area contributed by atoms with E-state index in [1.54, 1.807) is 16.7 Å². The van der Waals surface area contributed by atoms with E-state index < -0.39 is 0 Å². The quantitative estimate of drug-likeness (QED) is 0.485. The highest BCUT2D eigenvalue weighted by Gasteiger charge is 2.08. The predicted molar refractivity (Wildman–Crippen MR) is 62.9 cm³/mol. The first kappa shape index (κ1) is 14.7. The molecule has 0 saturated heterocycles. The zero-order valence-corrected chi connectivity index (χ0v) is 11.0. The van der Waals surface area contributed by atoms with Crippen molar-refractivity contribution in [2.24, 2.45) is 0 Å². The van der Waals surface area contributed by atoms with Crippen LogP contribution in [0.2, 0.25) is 0 Å². The van der Waals surface area contributed by atoms with Gasteiger partial charge in [-0.2, -0.15) is 5.26 Å². The van der Waals surface area contributed by atoms with Gasteiger partial charge in [-0.1, -0.05) is 0 Å². The van der Waals surface area contributed by atoms with Crippen molar-refractivity contribution in [3.63, 3.8) is 0 Å². The number of carbonyl (C=O) groups excluding carboxylic acids is 1. The van der Waals surface area contributed by atoms with Crippen LogP contribution in [0, 0.1) is 11.3 Å². The van der Waals surface area contributed by atoms with Crippen LogP contribution in [0.4, 0.5) is 0 Å². The number of imidazole rings is 1. The molecule has 2 aromatic rings. The van der Waals surface area contributed by atoms with E-state index in [1.807, 2.05) is 35.4 Å². The first-order valence-corrected chi connectivity index (χ1v) is 5.37. The van der Waals surface area contributed by atoms with Gasteiger partial charge in [0.15, 0.2) is 6.54 Å². The number of aromatic nitrogens is 2. The normalized spacial score (nSPS) is 9.26. The van der Waals surface area contributed by atoms with Crippen LogP contribution in [0.15, 0.2) is 43.0 Å². The number of ether oxygens (including phenoxy) is 1. The average Bonchev–Trinajstić information content (AvgIpc) is 2.87. The van der Waals surface area contributed by atoms with E-state index in [4.69, 9.17) is 5.26 Å². The molecule has 98 valence electrons.